The second-order valence-corrected chi connectivity index (χ2v) is 10.6. The third-order valence-electron chi connectivity index (χ3n) is 6.18. The summed E-state index contributed by atoms with van der Waals surface area (Å²) < 4.78 is 27.6. The molecule has 1 aliphatic rings. The standard InChI is InChI=1S/C27H28N2O4S/c1-20-14-16-29(17-15-20)34(32,33)23-11-7-10-22(18-23)26(30)19-28-25-13-6-5-12-24(25)27(31)21-8-3-2-4-9-21/h2-13,18,20,28H,14-17,19H2,1H3. The molecule has 7 heteroatoms. The number of hydrogen-bond acceptors (Lipinski definition) is 5. The highest BCUT2D eigenvalue weighted by Gasteiger charge is 2.28. The largest absolute Gasteiger partial charge is 0.377 e. The Bertz CT molecular complexity index is 1280. The Balaban J connectivity index is 1.48. The van der Waals surface area contributed by atoms with E-state index in [1.807, 2.05) is 6.07 Å². The van der Waals surface area contributed by atoms with Gasteiger partial charge in [-0.3, -0.25) is 9.59 Å². The van der Waals surface area contributed by atoms with Crippen LogP contribution < -0.4 is 5.32 Å². The number of sulfonamides is 1. The van der Waals surface area contributed by atoms with Crippen LogP contribution in [0.25, 0.3) is 0 Å². The molecule has 6 nitrogen and oxygen atoms in total. The first-order valence-electron chi connectivity index (χ1n) is 11.4. The number of carbonyl (C=O) groups is 2. The predicted octanol–water partition coefficient (Wildman–Crippen LogP) is 4.63. The molecule has 0 unspecified atom stereocenters. The quantitative estimate of drug-likeness (QED) is 0.479. The number of carbonyl (C=O) groups excluding carboxylic acids is 2. The van der Waals surface area contributed by atoms with E-state index in [9.17, 15) is 18.0 Å². The maximum absolute atomic E-state index is 13.1. The Morgan fingerprint density at radius 1 is 0.882 bits per heavy atom. The summed E-state index contributed by atoms with van der Waals surface area (Å²) in [5.41, 5.74) is 1.90. The molecule has 0 atom stereocenters. The molecule has 3 aromatic rings. The smallest absolute Gasteiger partial charge is 0.243 e. The molecular formula is C27H28N2O4S. The van der Waals surface area contributed by atoms with Gasteiger partial charge >= 0.3 is 0 Å². The van der Waals surface area contributed by atoms with E-state index in [0.717, 1.165) is 12.8 Å². The Morgan fingerprint density at radius 2 is 1.53 bits per heavy atom. The van der Waals surface area contributed by atoms with Crippen LogP contribution in [-0.4, -0.2) is 43.9 Å². The lowest BCUT2D eigenvalue weighted by atomic mass is 10.0. The number of ketones is 2. The van der Waals surface area contributed by atoms with Crippen molar-refractivity contribution in [1.82, 2.24) is 4.31 Å². The summed E-state index contributed by atoms with van der Waals surface area (Å²) in [5.74, 6) is 0.119. The van der Waals surface area contributed by atoms with Crippen molar-refractivity contribution >= 4 is 27.3 Å². The summed E-state index contributed by atoms with van der Waals surface area (Å²) in [7, 11) is -3.64. The van der Waals surface area contributed by atoms with Crippen LogP contribution in [0.5, 0.6) is 0 Å². The van der Waals surface area contributed by atoms with Crippen molar-refractivity contribution in [2.24, 2.45) is 5.92 Å². The van der Waals surface area contributed by atoms with Gasteiger partial charge in [0.1, 0.15) is 0 Å². The molecule has 0 saturated carbocycles. The molecule has 0 amide bonds. The fourth-order valence-electron chi connectivity index (χ4n) is 4.06. The number of para-hydroxylation sites is 1. The van der Waals surface area contributed by atoms with Crippen LogP contribution in [0.2, 0.25) is 0 Å². The lowest BCUT2D eigenvalue weighted by Crippen LogP contribution is -2.37. The second kappa shape index (κ2) is 10.3. The van der Waals surface area contributed by atoms with Crippen LogP contribution in [0.1, 0.15) is 46.0 Å². The summed E-state index contributed by atoms with van der Waals surface area (Å²) in [5, 5.41) is 3.06. The summed E-state index contributed by atoms with van der Waals surface area (Å²) in [6.07, 6.45) is 1.67. The zero-order valence-electron chi connectivity index (χ0n) is 19.1. The topological polar surface area (TPSA) is 83.6 Å². The van der Waals surface area contributed by atoms with Crippen molar-refractivity contribution < 1.29 is 18.0 Å². The van der Waals surface area contributed by atoms with Crippen LogP contribution in [-0.2, 0) is 10.0 Å². The van der Waals surface area contributed by atoms with Crippen LogP contribution in [0.3, 0.4) is 0 Å². The Hall–Kier alpha value is -3.29. The fraction of sp³-hybridized carbons (Fsp3) is 0.259. The Kier molecular flexibility index (Phi) is 7.24. The first-order valence-corrected chi connectivity index (χ1v) is 12.9. The molecule has 1 fully saturated rings. The van der Waals surface area contributed by atoms with Crippen LogP contribution >= 0.6 is 0 Å². The molecule has 1 aliphatic heterocycles. The van der Waals surface area contributed by atoms with Gasteiger partial charge < -0.3 is 5.32 Å². The molecule has 34 heavy (non-hydrogen) atoms. The SMILES string of the molecule is CC1CCN(S(=O)(=O)c2cccc(C(=O)CNc3ccccc3C(=O)c3ccccc3)c2)CC1. The number of benzene rings is 3. The minimum atomic E-state index is -3.64. The molecule has 1 saturated heterocycles. The van der Waals surface area contributed by atoms with Gasteiger partial charge in [0.15, 0.2) is 11.6 Å². The van der Waals surface area contributed by atoms with Crippen molar-refractivity contribution in [3.63, 3.8) is 0 Å². The summed E-state index contributed by atoms with van der Waals surface area (Å²) in [6, 6.07) is 22.2. The maximum Gasteiger partial charge on any atom is 0.243 e. The number of hydrogen-bond donors (Lipinski definition) is 1. The van der Waals surface area contributed by atoms with Crippen LogP contribution in [0.15, 0.2) is 83.8 Å². The molecule has 0 bridgehead atoms. The molecule has 4 rings (SSSR count). The van der Waals surface area contributed by atoms with E-state index in [4.69, 9.17) is 0 Å². The highest BCUT2D eigenvalue weighted by atomic mass is 32.2. The minimum Gasteiger partial charge on any atom is -0.377 e. The molecule has 0 aromatic heterocycles. The van der Waals surface area contributed by atoms with Gasteiger partial charge in [-0.2, -0.15) is 4.31 Å². The summed E-state index contributed by atoms with van der Waals surface area (Å²) in [4.78, 5) is 26.0. The molecule has 1 heterocycles. The van der Waals surface area contributed by atoms with Gasteiger partial charge in [-0.25, -0.2) is 8.42 Å². The average molecular weight is 477 g/mol. The molecule has 0 radical (unpaired) electrons. The molecule has 3 aromatic carbocycles. The number of Topliss-reactive ketones (excluding diaryl/α,β-unsaturated/α-hetero) is 1. The van der Waals surface area contributed by atoms with Crippen molar-refractivity contribution in [1.29, 1.82) is 0 Å². The maximum atomic E-state index is 13.1. The fourth-order valence-corrected chi connectivity index (χ4v) is 5.58. The highest BCUT2D eigenvalue weighted by Crippen LogP contribution is 2.24. The van der Waals surface area contributed by atoms with E-state index in [0.29, 0.717) is 41.4 Å². The van der Waals surface area contributed by atoms with Gasteiger partial charge in [-0.1, -0.05) is 61.5 Å². The van der Waals surface area contributed by atoms with Crippen molar-refractivity contribution in [2.75, 3.05) is 25.0 Å². The zero-order valence-corrected chi connectivity index (χ0v) is 19.9. The van der Waals surface area contributed by atoms with E-state index < -0.39 is 10.0 Å². The van der Waals surface area contributed by atoms with E-state index >= 15 is 0 Å². The first kappa shape index (κ1) is 23.9. The lowest BCUT2D eigenvalue weighted by molar-refractivity contribution is 0.100. The summed E-state index contributed by atoms with van der Waals surface area (Å²) in [6.45, 7) is 3.05. The molecule has 0 spiro atoms. The van der Waals surface area contributed by atoms with Gasteiger partial charge in [0.25, 0.3) is 0 Å². The molecule has 176 valence electrons. The number of piperidine rings is 1. The lowest BCUT2D eigenvalue weighted by Gasteiger charge is -2.29. The first-order chi connectivity index (χ1) is 16.4. The van der Waals surface area contributed by atoms with Gasteiger partial charge in [0.2, 0.25) is 10.0 Å². The van der Waals surface area contributed by atoms with E-state index in [2.05, 4.69) is 12.2 Å². The monoisotopic (exact) mass is 476 g/mol. The number of anilines is 1. The Morgan fingerprint density at radius 3 is 2.26 bits per heavy atom. The number of nitrogens with zero attached hydrogens (tertiary/aromatic N) is 1. The summed E-state index contributed by atoms with van der Waals surface area (Å²) >= 11 is 0. The minimum absolute atomic E-state index is 0.0657. The molecule has 0 aliphatic carbocycles. The average Bonchev–Trinajstić information content (AvgIpc) is 2.88. The van der Waals surface area contributed by atoms with Crippen LogP contribution in [0, 0.1) is 5.92 Å². The van der Waals surface area contributed by atoms with Crippen LogP contribution in [0.4, 0.5) is 5.69 Å². The van der Waals surface area contributed by atoms with Gasteiger partial charge in [-0.05, 0) is 43.0 Å². The number of rotatable bonds is 8. The van der Waals surface area contributed by atoms with E-state index in [-0.39, 0.29) is 23.0 Å². The highest BCUT2D eigenvalue weighted by molar-refractivity contribution is 7.89. The van der Waals surface area contributed by atoms with Gasteiger partial charge in [-0.15, -0.1) is 0 Å². The molecule has 1 N–H and O–H groups in total. The van der Waals surface area contributed by atoms with E-state index in [1.165, 1.54) is 16.4 Å². The Labute approximate surface area is 200 Å². The van der Waals surface area contributed by atoms with Crippen molar-refractivity contribution in [3.05, 3.63) is 95.6 Å². The van der Waals surface area contributed by atoms with Crippen molar-refractivity contribution in [2.45, 2.75) is 24.7 Å². The predicted molar refractivity (Wildman–Crippen MR) is 133 cm³/mol. The van der Waals surface area contributed by atoms with E-state index in [1.54, 1.807) is 60.7 Å². The third-order valence-corrected chi connectivity index (χ3v) is 8.08. The van der Waals surface area contributed by atoms with Gasteiger partial charge in [0, 0.05) is 35.5 Å². The second-order valence-electron chi connectivity index (χ2n) is 8.63. The number of nitrogens with one attached hydrogen (secondary N) is 1. The van der Waals surface area contributed by atoms with Gasteiger partial charge in [0.05, 0.1) is 11.4 Å². The third kappa shape index (κ3) is 5.26. The van der Waals surface area contributed by atoms with Crippen molar-refractivity contribution in [3.8, 4) is 0 Å². The zero-order chi connectivity index (χ0) is 24.1. The normalized spacial score (nSPS) is 15.1. The molecular weight excluding hydrogens is 448 g/mol.